The Kier molecular flexibility index (Phi) is 3.22. The summed E-state index contributed by atoms with van der Waals surface area (Å²) in [6.45, 7) is 4.18. The predicted octanol–water partition coefficient (Wildman–Crippen LogP) is 3.35. The molecule has 2 N–H and O–H groups in total. The first-order valence-electron chi connectivity index (χ1n) is 6.89. The Balaban J connectivity index is 2.27. The summed E-state index contributed by atoms with van der Waals surface area (Å²) in [5, 5.41) is 4.60. The second kappa shape index (κ2) is 5.05. The van der Waals surface area contributed by atoms with Crippen LogP contribution in [0.2, 0.25) is 0 Å². The Morgan fingerprint density at radius 2 is 1.90 bits per heavy atom. The van der Waals surface area contributed by atoms with Crippen molar-refractivity contribution in [3.63, 3.8) is 0 Å². The van der Waals surface area contributed by atoms with E-state index in [1.54, 1.807) is 10.9 Å². The van der Waals surface area contributed by atoms with Crippen molar-refractivity contribution in [3.05, 3.63) is 53.7 Å². The fourth-order valence-corrected chi connectivity index (χ4v) is 2.57. The summed E-state index contributed by atoms with van der Waals surface area (Å²) >= 11 is 0. The molecule has 0 atom stereocenters. The lowest BCUT2D eigenvalue weighted by Gasteiger charge is -2.07. The van der Waals surface area contributed by atoms with Crippen LogP contribution in [0.15, 0.2) is 42.6 Å². The standard InChI is InChI=1S/C17H18N4/c1-11-7-8-13(12(2)10-11)16-15(17(18)21(3)20-16)14-6-4-5-9-19-14/h4-10H,18H2,1-3H3. The van der Waals surface area contributed by atoms with E-state index in [9.17, 15) is 0 Å². The minimum absolute atomic E-state index is 0.628. The van der Waals surface area contributed by atoms with Gasteiger partial charge in [-0.15, -0.1) is 0 Å². The maximum absolute atomic E-state index is 6.21. The van der Waals surface area contributed by atoms with E-state index >= 15 is 0 Å². The third-order valence-corrected chi connectivity index (χ3v) is 3.65. The number of aryl methyl sites for hydroxylation is 3. The molecule has 4 heteroatoms. The number of nitrogen functional groups attached to an aromatic ring is 1. The Bertz CT molecular complexity index is 788. The lowest BCUT2D eigenvalue weighted by molar-refractivity contribution is 0.782. The van der Waals surface area contributed by atoms with E-state index in [0.717, 1.165) is 22.5 Å². The van der Waals surface area contributed by atoms with Gasteiger partial charge in [-0.1, -0.05) is 29.8 Å². The maximum atomic E-state index is 6.21. The molecule has 1 aromatic carbocycles. The minimum Gasteiger partial charge on any atom is -0.383 e. The van der Waals surface area contributed by atoms with Gasteiger partial charge in [0.25, 0.3) is 0 Å². The number of nitrogens with zero attached hydrogens (tertiary/aromatic N) is 3. The summed E-state index contributed by atoms with van der Waals surface area (Å²) < 4.78 is 1.71. The lowest BCUT2D eigenvalue weighted by Crippen LogP contribution is -1.98. The molecular formula is C17H18N4. The fourth-order valence-electron chi connectivity index (χ4n) is 2.57. The van der Waals surface area contributed by atoms with E-state index in [0.29, 0.717) is 5.82 Å². The highest BCUT2D eigenvalue weighted by molar-refractivity contribution is 5.87. The van der Waals surface area contributed by atoms with Crippen molar-refractivity contribution in [2.24, 2.45) is 7.05 Å². The van der Waals surface area contributed by atoms with Crippen molar-refractivity contribution in [2.75, 3.05) is 5.73 Å². The summed E-state index contributed by atoms with van der Waals surface area (Å²) in [4.78, 5) is 4.42. The van der Waals surface area contributed by atoms with Gasteiger partial charge in [-0.05, 0) is 31.5 Å². The normalized spacial score (nSPS) is 10.8. The van der Waals surface area contributed by atoms with Crippen LogP contribution >= 0.6 is 0 Å². The molecule has 3 rings (SSSR count). The van der Waals surface area contributed by atoms with Gasteiger partial charge in [0, 0.05) is 18.8 Å². The van der Waals surface area contributed by atoms with Gasteiger partial charge in [-0.3, -0.25) is 9.67 Å². The number of hydrogen-bond donors (Lipinski definition) is 1. The van der Waals surface area contributed by atoms with Gasteiger partial charge < -0.3 is 5.73 Å². The minimum atomic E-state index is 0.628. The first-order chi connectivity index (χ1) is 10.1. The Morgan fingerprint density at radius 1 is 1.10 bits per heavy atom. The molecule has 0 spiro atoms. The summed E-state index contributed by atoms with van der Waals surface area (Å²) in [6.07, 6.45) is 1.77. The lowest BCUT2D eigenvalue weighted by atomic mass is 9.99. The molecule has 0 unspecified atom stereocenters. The smallest absolute Gasteiger partial charge is 0.131 e. The van der Waals surface area contributed by atoms with E-state index in [1.165, 1.54) is 11.1 Å². The average molecular weight is 278 g/mol. The van der Waals surface area contributed by atoms with Crippen LogP contribution in [0.25, 0.3) is 22.5 Å². The molecule has 4 nitrogen and oxygen atoms in total. The van der Waals surface area contributed by atoms with E-state index in [4.69, 9.17) is 5.73 Å². The van der Waals surface area contributed by atoms with Crippen LogP contribution in [0, 0.1) is 13.8 Å². The number of aromatic nitrogens is 3. The molecule has 0 fully saturated rings. The molecule has 0 aliphatic rings. The Labute approximate surface area is 124 Å². The predicted molar refractivity (Wildman–Crippen MR) is 85.8 cm³/mol. The Morgan fingerprint density at radius 3 is 2.57 bits per heavy atom. The van der Waals surface area contributed by atoms with Crippen LogP contribution in [-0.4, -0.2) is 14.8 Å². The highest BCUT2D eigenvalue weighted by Crippen LogP contribution is 2.36. The van der Waals surface area contributed by atoms with Gasteiger partial charge in [0.05, 0.1) is 11.3 Å². The SMILES string of the molecule is Cc1ccc(-c2nn(C)c(N)c2-c2ccccn2)c(C)c1. The van der Waals surface area contributed by atoms with Crippen molar-refractivity contribution in [2.45, 2.75) is 13.8 Å². The van der Waals surface area contributed by atoms with E-state index < -0.39 is 0 Å². The first kappa shape index (κ1) is 13.4. The average Bonchev–Trinajstić information content (AvgIpc) is 2.75. The Hall–Kier alpha value is -2.62. The molecule has 0 bridgehead atoms. The second-order valence-electron chi connectivity index (χ2n) is 5.27. The van der Waals surface area contributed by atoms with Gasteiger partial charge in [0.15, 0.2) is 0 Å². The number of anilines is 1. The van der Waals surface area contributed by atoms with Crippen LogP contribution in [0.4, 0.5) is 5.82 Å². The number of pyridine rings is 1. The van der Waals surface area contributed by atoms with Crippen LogP contribution in [0.3, 0.4) is 0 Å². The number of hydrogen-bond acceptors (Lipinski definition) is 3. The third-order valence-electron chi connectivity index (χ3n) is 3.65. The van der Waals surface area contributed by atoms with Crippen LogP contribution in [-0.2, 0) is 7.05 Å². The molecule has 0 aliphatic carbocycles. The number of benzene rings is 1. The summed E-state index contributed by atoms with van der Waals surface area (Å²) in [6, 6.07) is 12.2. The van der Waals surface area contributed by atoms with Crippen molar-refractivity contribution in [1.82, 2.24) is 14.8 Å². The van der Waals surface area contributed by atoms with Crippen LogP contribution in [0.1, 0.15) is 11.1 Å². The van der Waals surface area contributed by atoms with Gasteiger partial charge in [0.1, 0.15) is 11.5 Å². The molecule has 3 aromatic rings. The molecule has 0 radical (unpaired) electrons. The topological polar surface area (TPSA) is 56.7 Å². The molecule has 2 aromatic heterocycles. The first-order valence-corrected chi connectivity index (χ1v) is 6.89. The molecular weight excluding hydrogens is 260 g/mol. The molecule has 2 heterocycles. The monoisotopic (exact) mass is 278 g/mol. The molecule has 0 amide bonds. The van der Waals surface area contributed by atoms with E-state index in [2.05, 4.69) is 42.1 Å². The molecule has 0 aliphatic heterocycles. The van der Waals surface area contributed by atoms with Gasteiger partial charge in [-0.2, -0.15) is 5.10 Å². The highest BCUT2D eigenvalue weighted by atomic mass is 15.3. The van der Waals surface area contributed by atoms with Gasteiger partial charge in [0.2, 0.25) is 0 Å². The van der Waals surface area contributed by atoms with Crippen molar-refractivity contribution in [1.29, 1.82) is 0 Å². The highest BCUT2D eigenvalue weighted by Gasteiger charge is 2.19. The van der Waals surface area contributed by atoms with Crippen molar-refractivity contribution >= 4 is 5.82 Å². The number of rotatable bonds is 2. The third kappa shape index (κ3) is 2.29. The molecule has 0 saturated heterocycles. The molecule has 0 saturated carbocycles. The quantitative estimate of drug-likeness (QED) is 0.782. The van der Waals surface area contributed by atoms with Crippen LogP contribution < -0.4 is 5.73 Å². The largest absolute Gasteiger partial charge is 0.383 e. The summed E-state index contributed by atoms with van der Waals surface area (Å²) in [5.74, 6) is 0.628. The van der Waals surface area contributed by atoms with Crippen LogP contribution in [0.5, 0.6) is 0 Å². The van der Waals surface area contributed by atoms with E-state index in [-0.39, 0.29) is 0 Å². The summed E-state index contributed by atoms with van der Waals surface area (Å²) in [5.41, 5.74) is 12.3. The zero-order valence-electron chi connectivity index (χ0n) is 12.5. The maximum Gasteiger partial charge on any atom is 0.131 e. The zero-order valence-corrected chi connectivity index (χ0v) is 12.5. The van der Waals surface area contributed by atoms with E-state index in [1.807, 2.05) is 25.2 Å². The number of nitrogens with two attached hydrogens (primary N) is 1. The second-order valence-corrected chi connectivity index (χ2v) is 5.27. The van der Waals surface area contributed by atoms with Gasteiger partial charge >= 0.3 is 0 Å². The van der Waals surface area contributed by atoms with Gasteiger partial charge in [-0.25, -0.2) is 0 Å². The van der Waals surface area contributed by atoms with Crippen molar-refractivity contribution < 1.29 is 0 Å². The fraction of sp³-hybridized carbons (Fsp3) is 0.176. The summed E-state index contributed by atoms with van der Waals surface area (Å²) in [7, 11) is 1.86. The zero-order chi connectivity index (χ0) is 15.0. The van der Waals surface area contributed by atoms with Crippen molar-refractivity contribution in [3.8, 4) is 22.5 Å². The molecule has 106 valence electrons. The molecule has 21 heavy (non-hydrogen) atoms.